The number of ketones is 1. The molecular weight excluding hydrogens is 396 g/mol. The Bertz CT molecular complexity index is 1120. The molecule has 3 atom stereocenters. The lowest BCUT2D eigenvalue weighted by Gasteiger charge is -2.36. The van der Waals surface area contributed by atoms with Gasteiger partial charge < -0.3 is 4.74 Å². The average molecular weight is 418 g/mol. The number of ether oxygens (including phenoxy) is 1. The van der Waals surface area contributed by atoms with E-state index in [4.69, 9.17) is 4.74 Å². The summed E-state index contributed by atoms with van der Waals surface area (Å²) in [6.45, 7) is 1.74. The predicted molar refractivity (Wildman–Crippen MR) is 115 cm³/mol. The molecule has 0 N–H and O–H groups in total. The number of allylic oxidation sites excluding steroid dienone is 2. The van der Waals surface area contributed by atoms with Crippen LogP contribution in [-0.4, -0.2) is 29.5 Å². The fourth-order valence-electron chi connectivity index (χ4n) is 4.64. The van der Waals surface area contributed by atoms with Crippen molar-refractivity contribution < 1.29 is 19.2 Å². The largest absolute Gasteiger partial charge is 0.468 e. The van der Waals surface area contributed by atoms with E-state index in [0.29, 0.717) is 35.4 Å². The number of nitro benzene ring substituents is 1. The average Bonchev–Trinajstić information content (AvgIpc) is 2.78. The number of hydrogen-bond donors (Lipinski definition) is 0. The van der Waals surface area contributed by atoms with Crippen molar-refractivity contribution in [2.75, 3.05) is 7.11 Å². The number of esters is 1. The summed E-state index contributed by atoms with van der Waals surface area (Å²) in [4.78, 5) is 41.5. The lowest BCUT2D eigenvalue weighted by atomic mass is 9.69. The van der Waals surface area contributed by atoms with Crippen molar-refractivity contribution in [2.45, 2.75) is 31.6 Å². The molecule has 158 valence electrons. The van der Waals surface area contributed by atoms with Crippen LogP contribution in [0.3, 0.4) is 0 Å². The van der Waals surface area contributed by atoms with Crippen LogP contribution >= 0.6 is 0 Å². The summed E-state index contributed by atoms with van der Waals surface area (Å²) in [7, 11) is 1.29. The van der Waals surface area contributed by atoms with Gasteiger partial charge in [-0.05, 0) is 30.4 Å². The van der Waals surface area contributed by atoms with Crippen LogP contribution in [0.5, 0.6) is 0 Å². The third kappa shape index (κ3) is 3.79. The first-order valence-electron chi connectivity index (χ1n) is 10.1. The van der Waals surface area contributed by atoms with E-state index < -0.39 is 22.7 Å². The first-order valence-corrected chi connectivity index (χ1v) is 10.1. The zero-order valence-corrected chi connectivity index (χ0v) is 17.3. The van der Waals surface area contributed by atoms with Crippen molar-refractivity contribution >= 4 is 23.2 Å². The van der Waals surface area contributed by atoms with Gasteiger partial charge in [-0.15, -0.1) is 0 Å². The second-order valence-corrected chi connectivity index (χ2v) is 7.88. The van der Waals surface area contributed by atoms with Crippen LogP contribution in [0.1, 0.15) is 42.7 Å². The molecule has 0 radical (unpaired) electrons. The second kappa shape index (κ2) is 8.26. The maximum atomic E-state index is 13.4. The number of carbonyl (C=O) groups excluding carboxylic acids is 2. The van der Waals surface area contributed by atoms with Gasteiger partial charge in [0.1, 0.15) is 5.92 Å². The highest BCUT2D eigenvalue weighted by molar-refractivity contribution is 6.09. The number of non-ortho nitro benzene ring substituents is 1. The van der Waals surface area contributed by atoms with E-state index in [1.807, 2.05) is 30.3 Å². The van der Waals surface area contributed by atoms with Crippen LogP contribution in [0.4, 0.5) is 5.69 Å². The number of carbonyl (C=O) groups is 2. The quantitative estimate of drug-likeness (QED) is 0.418. The Morgan fingerprint density at radius 2 is 1.81 bits per heavy atom. The number of rotatable bonds is 4. The van der Waals surface area contributed by atoms with Gasteiger partial charge in [-0.3, -0.25) is 24.7 Å². The first-order chi connectivity index (χ1) is 14.9. The van der Waals surface area contributed by atoms with Gasteiger partial charge in [-0.25, -0.2) is 0 Å². The number of methoxy groups -OCH3 is 1. The molecular formula is C24H22N2O5. The molecule has 31 heavy (non-hydrogen) atoms. The van der Waals surface area contributed by atoms with Gasteiger partial charge in [-0.1, -0.05) is 42.5 Å². The van der Waals surface area contributed by atoms with Gasteiger partial charge in [0.25, 0.3) is 5.69 Å². The molecule has 0 saturated heterocycles. The monoisotopic (exact) mass is 418 g/mol. The highest BCUT2D eigenvalue weighted by atomic mass is 16.6. The summed E-state index contributed by atoms with van der Waals surface area (Å²) in [6.07, 6.45) is 0.873. The Balaban J connectivity index is 1.84. The molecule has 2 aliphatic rings. The lowest BCUT2D eigenvalue weighted by Crippen LogP contribution is -2.37. The number of nitrogens with zero attached hydrogens (tertiary/aromatic N) is 2. The van der Waals surface area contributed by atoms with Crippen molar-refractivity contribution in [1.82, 2.24) is 0 Å². The molecule has 1 aliphatic heterocycles. The molecule has 0 spiro atoms. The zero-order chi connectivity index (χ0) is 22.1. The Kier molecular flexibility index (Phi) is 5.50. The van der Waals surface area contributed by atoms with Crippen LogP contribution in [0.2, 0.25) is 0 Å². The summed E-state index contributed by atoms with van der Waals surface area (Å²) in [5.74, 6) is -2.06. The fraction of sp³-hybridized carbons (Fsp3) is 0.292. The Labute approximate surface area is 179 Å². The molecule has 0 saturated carbocycles. The molecule has 0 bridgehead atoms. The number of benzene rings is 2. The minimum Gasteiger partial charge on any atom is -0.468 e. The molecule has 1 aliphatic carbocycles. The van der Waals surface area contributed by atoms with Crippen molar-refractivity contribution in [3.05, 3.63) is 87.1 Å². The van der Waals surface area contributed by atoms with E-state index in [-0.39, 0.29) is 17.4 Å². The molecule has 0 fully saturated rings. The highest BCUT2D eigenvalue weighted by Crippen LogP contribution is 2.47. The molecule has 2 aromatic rings. The SMILES string of the molecule is COC(=O)C1C(C)=NC2=C(C(=O)C[C@@H](c3ccccc3)C2)[C@@H]1c1cccc([N+](=O)[O-])c1. The predicted octanol–water partition coefficient (Wildman–Crippen LogP) is 4.34. The van der Waals surface area contributed by atoms with Gasteiger partial charge in [0, 0.05) is 41.5 Å². The minimum absolute atomic E-state index is 0.00411. The summed E-state index contributed by atoms with van der Waals surface area (Å²) in [5, 5.41) is 11.3. The van der Waals surface area contributed by atoms with Crippen molar-refractivity contribution in [3.8, 4) is 0 Å². The van der Waals surface area contributed by atoms with Crippen molar-refractivity contribution in [1.29, 1.82) is 0 Å². The number of hydrogen-bond acceptors (Lipinski definition) is 6. The first kappa shape index (κ1) is 20.7. The maximum absolute atomic E-state index is 13.4. The summed E-state index contributed by atoms with van der Waals surface area (Å²) >= 11 is 0. The number of nitro groups is 1. The Morgan fingerprint density at radius 1 is 1.10 bits per heavy atom. The van der Waals surface area contributed by atoms with E-state index in [9.17, 15) is 19.7 Å². The normalized spacial score (nSPS) is 23.1. The molecule has 4 rings (SSSR count). The molecule has 2 aromatic carbocycles. The fourth-order valence-corrected chi connectivity index (χ4v) is 4.64. The topological polar surface area (TPSA) is 98.9 Å². The van der Waals surface area contributed by atoms with Gasteiger partial charge in [0.15, 0.2) is 5.78 Å². The van der Waals surface area contributed by atoms with Crippen molar-refractivity contribution in [3.63, 3.8) is 0 Å². The molecule has 7 heteroatoms. The van der Waals surface area contributed by atoms with E-state index in [2.05, 4.69) is 4.99 Å². The van der Waals surface area contributed by atoms with Gasteiger partial charge in [0.2, 0.25) is 0 Å². The zero-order valence-electron chi connectivity index (χ0n) is 17.3. The van der Waals surface area contributed by atoms with Gasteiger partial charge in [0.05, 0.1) is 12.0 Å². The highest BCUT2D eigenvalue weighted by Gasteiger charge is 2.44. The van der Waals surface area contributed by atoms with Crippen LogP contribution < -0.4 is 0 Å². The number of aliphatic imine (C=N–C) groups is 1. The molecule has 1 heterocycles. The molecule has 7 nitrogen and oxygen atoms in total. The van der Waals surface area contributed by atoms with E-state index in [1.165, 1.54) is 19.2 Å². The number of Topliss-reactive ketones (excluding diaryl/α,β-unsaturated/α-hetero) is 1. The minimum atomic E-state index is -0.803. The Morgan fingerprint density at radius 3 is 2.48 bits per heavy atom. The van der Waals surface area contributed by atoms with Crippen LogP contribution in [0, 0.1) is 16.0 Å². The Hall–Kier alpha value is -3.61. The summed E-state index contributed by atoms with van der Waals surface area (Å²) < 4.78 is 5.01. The summed E-state index contributed by atoms with van der Waals surface area (Å²) in [6, 6.07) is 15.9. The van der Waals surface area contributed by atoms with Crippen LogP contribution in [-0.2, 0) is 14.3 Å². The van der Waals surface area contributed by atoms with Crippen molar-refractivity contribution in [2.24, 2.45) is 10.9 Å². The maximum Gasteiger partial charge on any atom is 0.315 e. The van der Waals surface area contributed by atoms with Gasteiger partial charge in [-0.2, -0.15) is 0 Å². The second-order valence-electron chi connectivity index (χ2n) is 7.88. The third-order valence-corrected chi connectivity index (χ3v) is 6.05. The van der Waals surface area contributed by atoms with Crippen LogP contribution in [0.15, 0.2) is 70.9 Å². The standard InChI is InChI=1S/C24H22N2O5/c1-14-21(24(28)31-2)22(16-9-6-10-18(11-16)26(29)30)23-19(25-14)12-17(13-20(23)27)15-7-4-3-5-8-15/h3-11,17,21-22H,12-13H2,1-2H3/t17-,21?,22+/m0/s1. The van der Waals surface area contributed by atoms with Crippen LogP contribution in [0.25, 0.3) is 0 Å². The molecule has 0 amide bonds. The van der Waals surface area contributed by atoms with Gasteiger partial charge >= 0.3 is 5.97 Å². The van der Waals surface area contributed by atoms with E-state index >= 15 is 0 Å². The lowest BCUT2D eigenvalue weighted by molar-refractivity contribution is -0.384. The smallest absolute Gasteiger partial charge is 0.315 e. The molecule has 1 unspecified atom stereocenters. The van der Waals surface area contributed by atoms with E-state index in [0.717, 1.165) is 5.56 Å². The molecule has 0 aromatic heterocycles. The van der Waals surface area contributed by atoms with E-state index in [1.54, 1.807) is 19.1 Å². The third-order valence-electron chi connectivity index (χ3n) is 6.05. The summed E-state index contributed by atoms with van der Waals surface area (Å²) in [5.41, 5.74) is 3.18.